The van der Waals surface area contributed by atoms with E-state index in [1.54, 1.807) is 13.8 Å². The summed E-state index contributed by atoms with van der Waals surface area (Å²) in [6.07, 6.45) is -20.6. The van der Waals surface area contributed by atoms with E-state index < -0.39 is 140 Å². The first kappa shape index (κ1) is 52.6. The van der Waals surface area contributed by atoms with Crippen LogP contribution in [0.3, 0.4) is 0 Å². The topological polar surface area (TPSA) is 307 Å². The molecule has 4 aliphatic heterocycles. The van der Waals surface area contributed by atoms with E-state index in [0.717, 1.165) is 25.7 Å². The molecule has 8 aliphatic rings. The van der Waals surface area contributed by atoms with Crippen molar-refractivity contribution >= 4 is 0 Å². The van der Waals surface area contributed by atoms with Crippen LogP contribution in [0.15, 0.2) is 0 Å². The van der Waals surface area contributed by atoms with Gasteiger partial charge in [0.25, 0.3) is 0 Å². The van der Waals surface area contributed by atoms with Gasteiger partial charge in [-0.1, -0.05) is 27.7 Å². The first-order valence-corrected chi connectivity index (χ1v) is 24.8. The second-order valence-corrected chi connectivity index (χ2v) is 23.8. The summed E-state index contributed by atoms with van der Waals surface area (Å²) in [7, 11) is 0. The summed E-state index contributed by atoms with van der Waals surface area (Å²) in [6.45, 7) is 16.2. The summed E-state index contributed by atoms with van der Waals surface area (Å²) in [5, 5.41) is 133. The molecule has 0 unspecified atom stereocenters. The quantitative estimate of drug-likeness (QED) is 0.119. The lowest BCUT2D eigenvalue weighted by atomic mass is 9.35. The Morgan fingerprint density at radius 3 is 1.81 bits per heavy atom. The number of ether oxygens (including phenoxy) is 7. The zero-order valence-electron chi connectivity index (χ0n) is 40.6. The third kappa shape index (κ3) is 8.31. The van der Waals surface area contributed by atoms with Gasteiger partial charge in [0.2, 0.25) is 0 Å². The van der Waals surface area contributed by atoms with Crippen LogP contribution in [0.1, 0.15) is 114 Å². The summed E-state index contributed by atoms with van der Waals surface area (Å²) >= 11 is 0. The monoisotopic (exact) mass is 963 g/mol. The molecular formula is C48H82O19. The maximum atomic E-state index is 12.4. The SMILES string of the molecule is C[C@@H]1O[C@H](O[C@@H]2[C@@H](O[C@H]3[C@H](O)[C@@H](O[C@H]4CC[C@]5(C)[C@@H](CC[C@@]6(C)[C@H]5C[C@H](O)[C@H]5[C@H]([C@@]7(C)C[C@@H](O)[C@H](C(C)(C)O)O7)CC[C@]56C)[C@]4(C)CO)O[C@@H](CO)[C@@H]3O)O[C@@H](C)[C@H](O)[C@H]2O)[C@@H](O)[C@H](O)[C@H]1O. The van der Waals surface area contributed by atoms with Gasteiger partial charge in [-0.05, 0) is 119 Å². The minimum Gasteiger partial charge on any atom is -0.396 e. The van der Waals surface area contributed by atoms with Gasteiger partial charge in [-0.2, -0.15) is 0 Å². The molecule has 0 aromatic carbocycles. The Hall–Kier alpha value is -0.760. The Bertz CT molecular complexity index is 1740. The molecule has 0 aromatic heterocycles. The van der Waals surface area contributed by atoms with Crippen LogP contribution >= 0.6 is 0 Å². The van der Waals surface area contributed by atoms with Gasteiger partial charge in [0.1, 0.15) is 67.1 Å². The molecule has 19 heteroatoms. The molecule has 4 saturated carbocycles. The predicted octanol–water partition coefficient (Wildman–Crippen LogP) is -0.817. The van der Waals surface area contributed by atoms with Crippen molar-refractivity contribution in [2.45, 2.75) is 241 Å². The second kappa shape index (κ2) is 18.3. The molecule has 28 atom stereocenters. The summed E-state index contributed by atoms with van der Waals surface area (Å²) in [6, 6.07) is 0. The normalized spacial score (nSPS) is 58.3. The average molecular weight is 963 g/mol. The first-order valence-electron chi connectivity index (χ1n) is 24.8. The molecule has 4 heterocycles. The number of hydrogen-bond donors (Lipinski definition) is 12. The maximum absolute atomic E-state index is 12.4. The molecule has 0 aromatic rings. The van der Waals surface area contributed by atoms with Crippen LogP contribution in [0, 0.1) is 45.3 Å². The molecule has 0 bridgehead atoms. The van der Waals surface area contributed by atoms with Crippen LogP contribution in [0.5, 0.6) is 0 Å². The fraction of sp³-hybridized carbons (Fsp3) is 1.00. The minimum absolute atomic E-state index is 0.0320. The predicted molar refractivity (Wildman–Crippen MR) is 233 cm³/mol. The molecule has 0 amide bonds. The average Bonchev–Trinajstić information content (AvgIpc) is 3.81. The van der Waals surface area contributed by atoms with Crippen molar-refractivity contribution in [3.63, 3.8) is 0 Å². The smallest absolute Gasteiger partial charge is 0.187 e. The lowest BCUT2D eigenvalue weighted by molar-refractivity contribution is -0.389. The van der Waals surface area contributed by atoms with Gasteiger partial charge < -0.3 is 94.4 Å². The lowest BCUT2D eigenvalue weighted by Gasteiger charge is -2.71. The Morgan fingerprint density at radius 1 is 0.597 bits per heavy atom. The Morgan fingerprint density at radius 2 is 1.19 bits per heavy atom. The zero-order chi connectivity index (χ0) is 49.3. The van der Waals surface area contributed by atoms with Crippen molar-refractivity contribution in [2.75, 3.05) is 13.2 Å². The van der Waals surface area contributed by atoms with Crippen LogP contribution < -0.4 is 0 Å². The molecular weight excluding hydrogens is 881 g/mol. The van der Waals surface area contributed by atoms with E-state index in [0.29, 0.717) is 25.7 Å². The number of rotatable bonds is 10. The minimum atomic E-state index is -1.79. The van der Waals surface area contributed by atoms with E-state index in [-0.39, 0.29) is 46.5 Å². The van der Waals surface area contributed by atoms with Gasteiger partial charge in [-0.25, -0.2) is 0 Å². The van der Waals surface area contributed by atoms with Gasteiger partial charge in [0.15, 0.2) is 18.9 Å². The van der Waals surface area contributed by atoms with Crippen LogP contribution in [0.4, 0.5) is 0 Å². The van der Waals surface area contributed by atoms with Crippen LogP contribution in [0.25, 0.3) is 0 Å². The van der Waals surface area contributed by atoms with Gasteiger partial charge in [0, 0.05) is 11.8 Å². The van der Waals surface area contributed by atoms with Crippen molar-refractivity contribution in [3.05, 3.63) is 0 Å². The van der Waals surface area contributed by atoms with Crippen molar-refractivity contribution in [2.24, 2.45) is 45.3 Å². The molecule has 0 spiro atoms. The Kier molecular flexibility index (Phi) is 14.4. The second-order valence-electron chi connectivity index (χ2n) is 23.8. The lowest BCUT2D eigenvalue weighted by Crippen LogP contribution is -2.68. The number of fused-ring (bicyclic) bond motifs is 5. The van der Waals surface area contributed by atoms with E-state index in [2.05, 4.69) is 20.8 Å². The van der Waals surface area contributed by atoms with Gasteiger partial charge in [-0.3, -0.25) is 0 Å². The number of aliphatic hydroxyl groups is 12. The Balaban J connectivity index is 1.01. The fourth-order valence-corrected chi connectivity index (χ4v) is 15.6. The summed E-state index contributed by atoms with van der Waals surface area (Å²) in [4.78, 5) is 0. The summed E-state index contributed by atoms with van der Waals surface area (Å²) in [5.41, 5.74) is -3.68. The zero-order valence-corrected chi connectivity index (χ0v) is 40.6. The fourth-order valence-electron chi connectivity index (χ4n) is 15.6. The van der Waals surface area contributed by atoms with Gasteiger partial charge in [-0.15, -0.1) is 0 Å². The largest absolute Gasteiger partial charge is 0.396 e. The van der Waals surface area contributed by atoms with E-state index in [9.17, 15) is 61.3 Å². The standard InChI is InChI=1S/C48H82O19/c1-20-30(53)33(56)35(58)40(61-20)66-38-34(57)31(54)21(2)62-42(38)65-37-32(55)25(18-49)63-41(36(37)59)64-28-12-13-44(5)26(45(28,6)19-50)11-15-46(7)27(44)16-23(51)29-22(10-14-47(29,46)8)48(9)17-24(52)39(67-48)43(3,4)60/h20-42,49-60H,10-19H2,1-9H3/t20-,21-,22+,23-,24+,25-,26+,27-,28-,29+,30-,31-,32-,33+,34+,35-,36-,37+,38-,39+,40+,41+,42+,44+,45-,46-,47+,48+/m0/s1. The van der Waals surface area contributed by atoms with E-state index in [1.807, 2.05) is 13.8 Å². The van der Waals surface area contributed by atoms with Crippen molar-refractivity contribution in [1.29, 1.82) is 0 Å². The summed E-state index contributed by atoms with van der Waals surface area (Å²) < 4.78 is 42.9. The van der Waals surface area contributed by atoms with E-state index >= 15 is 0 Å². The van der Waals surface area contributed by atoms with Crippen molar-refractivity contribution in [3.8, 4) is 0 Å². The van der Waals surface area contributed by atoms with E-state index in [1.165, 1.54) is 13.8 Å². The van der Waals surface area contributed by atoms with Gasteiger partial charge >= 0.3 is 0 Å². The van der Waals surface area contributed by atoms with Crippen LogP contribution in [0.2, 0.25) is 0 Å². The van der Waals surface area contributed by atoms with E-state index in [4.69, 9.17) is 33.2 Å². The number of hydrogen-bond acceptors (Lipinski definition) is 19. The molecule has 12 N–H and O–H groups in total. The maximum Gasteiger partial charge on any atom is 0.187 e. The molecule has 0 radical (unpaired) electrons. The van der Waals surface area contributed by atoms with Crippen LogP contribution in [-0.4, -0.2) is 202 Å². The number of aliphatic hydroxyl groups excluding tert-OH is 11. The molecule has 4 saturated heterocycles. The van der Waals surface area contributed by atoms with Crippen molar-refractivity contribution in [1.82, 2.24) is 0 Å². The molecule has 388 valence electrons. The third-order valence-corrected chi connectivity index (χ3v) is 19.6. The third-order valence-electron chi connectivity index (χ3n) is 19.6. The first-order chi connectivity index (χ1) is 31.1. The molecule has 8 rings (SSSR count). The Labute approximate surface area is 393 Å². The highest BCUT2D eigenvalue weighted by atomic mass is 16.8. The molecule has 19 nitrogen and oxygen atoms in total. The molecule has 4 aliphatic carbocycles. The highest BCUT2D eigenvalue weighted by molar-refractivity contribution is 5.21. The summed E-state index contributed by atoms with van der Waals surface area (Å²) in [5.74, 6) is -0.162. The van der Waals surface area contributed by atoms with Crippen LogP contribution in [-0.2, 0) is 33.2 Å². The highest BCUT2D eigenvalue weighted by Gasteiger charge is 2.73. The molecule has 67 heavy (non-hydrogen) atoms. The van der Waals surface area contributed by atoms with Crippen molar-refractivity contribution < 1.29 is 94.4 Å². The molecule has 8 fully saturated rings. The highest BCUT2D eigenvalue weighted by Crippen LogP contribution is 2.76. The van der Waals surface area contributed by atoms with Gasteiger partial charge in [0.05, 0.1) is 54.9 Å².